The van der Waals surface area contributed by atoms with Gasteiger partial charge in [0, 0.05) is 25.7 Å². The molecule has 0 heterocycles. The van der Waals surface area contributed by atoms with Crippen LogP contribution in [0.5, 0.6) is 0 Å². The minimum absolute atomic E-state index is 0.186. The van der Waals surface area contributed by atoms with Crippen molar-refractivity contribution in [1.29, 1.82) is 0 Å². The van der Waals surface area contributed by atoms with Crippen LogP contribution in [0, 0.1) is 11.8 Å². The number of guanidine groups is 1. The van der Waals surface area contributed by atoms with E-state index in [9.17, 15) is 0 Å². The van der Waals surface area contributed by atoms with Crippen molar-refractivity contribution in [3.8, 4) is 0 Å². The molecule has 4 nitrogen and oxygen atoms in total. The van der Waals surface area contributed by atoms with Crippen LogP contribution in [0.25, 0.3) is 0 Å². The Morgan fingerprint density at radius 3 is 2.33 bits per heavy atom. The number of aliphatic imine (C=N–C) groups is 1. The highest BCUT2D eigenvalue weighted by Crippen LogP contribution is 2.06. The molecule has 18 heavy (non-hydrogen) atoms. The second kappa shape index (κ2) is 10.2. The molecule has 0 amide bonds. The highest BCUT2D eigenvalue weighted by molar-refractivity contribution is 5.80. The molecule has 0 saturated carbocycles. The van der Waals surface area contributed by atoms with Gasteiger partial charge >= 0.3 is 0 Å². The Morgan fingerprint density at radius 2 is 1.83 bits per heavy atom. The fourth-order valence-electron chi connectivity index (χ4n) is 1.51. The van der Waals surface area contributed by atoms with Crippen LogP contribution in [0.1, 0.15) is 47.5 Å². The number of nitrogens with one attached hydrogen (secondary N) is 2. The van der Waals surface area contributed by atoms with Crippen molar-refractivity contribution in [2.24, 2.45) is 16.8 Å². The lowest BCUT2D eigenvalue weighted by molar-refractivity contribution is 0.241. The Morgan fingerprint density at radius 1 is 1.17 bits per heavy atom. The summed E-state index contributed by atoms with van der Waals surface area (Å²) in [7, 11) is 0. The van der Waals surface area contributed by atoms with Crippen LogP contribution in [-0.4, -0.2) is 36.8 Å². The Kier molecular flexibility index (Phi) is 9.74. The average molecular weight is 257 g/mol. The van der Waals surface area contributed by atoms with Crippen molar-refractivity contribution in [2.75, 3.05) is 19.7 Å². The molecule has 0 rings (SSSR count). The monoisotopic (exact) mass is 257 g/mol. The van der Waals surface area contributed by atoms with E-state index in [2.05, 4.69) is 43.3 Å². The first kappa shape index (κ1) is 17.2. The van der Waals surface area contributed by atoms with Crippen molar-refractivity contribution >= 4 is 5.96 Å². The molecule has 0 saturated heterocycles. The van der Waals surface area contributed by atoms with E-state index in [1.165, 1.54) is 6.42 Å². The van der Waals surface area contributed by atoms with Gasteiger partial charge in [-0.15, -0.1) is 0 Å². The first-order valence-corrected chi connectivity index (χ1v) is 7.15. The van der Waals surface area contributed by atoms with Gasteiger partial charge in [-0.2, -0.15) is 0 Å². The van der Waals surface area contributed by atoms with E-state index >= 15 is 0 Å². The summed E-state index contributed by atoms with van der Waals surface area (Å²) in [6, 6.07) is 0.426. The van der Waals surface area contributed by atoms with Gasteiger partial charge in [0.15, 0.2) is 5.96 Å². The zero-order valence-corrected chi connectivity index (χ0v) is 12.7. The second-order valence-corrected chi connectivity index (χ2v) is 5.52. The smallest absolute Gasteiger partial charge is 0.191 e. The van der Waals surface area contributed by atoms with Crippen molar-refractivity contribution in [1.82, 2.24) is 10.6 Å². The first-order valence-electron chi connectivity index (χ1n) is 7.15. The zero-order chi connectivity index (χ0) is 14.0. The summed E-state index contributed by atoms with van der Waals surface area (Å²) in [6.07, 6.45) is 2.37. The Balaban J connectivity index is 4.16. The molecular weight excluding hydrogens is 226 g/mol. The number of hydrogen-bond donors (Lipinski definition) is 3. The molecule has 3 N–H and O–H groups in total. The summed E-state index contributed by atoms with van der Waals surface area (Å²) >= 11 is 0. The van der Waals surface area contributed by atoms with E-state index < -0.39 is 0 Å². The van der Waals surface area contributed by atoms with E-state index in [1.807, 2.05) is 6.92 Å². The zero-order valence-electron chi connectivity index (χ0n) is 12.7. The summed E-state index contributed by atoms with van der Waals surface area (Å²) in [4.78, 5) is 4.49. The van der Waals surface area contributed by atoms with Gasteiger partial charge in [-0.3, -0.25) is 4.99 Å². The summed E-state index contributed by atoms with van der Waals surface area (Å²) in [6.45, 7) is 12.4. The van der Waals surface area contributed by atoms with E-state index in [4.69, 9.17) is 5.11 Å². The molecule has 0 aromatic heterocycles. The molecule has 0 aromatic rings. The lowest BCUT2D eigenvalue weighted by Crippen LogP contribution is -2.42. The minimum atomic E-state index is 0.186. The fourth-order valence-corrected chi connectivity index (χ4v) is 1.51. The van der Waals surface area contributed by atoms with E-state index in [1.54, 1.807) is 0 Å². The Bertz CT molecular complexity index is 229. The quantitative estimate of drug-likeness (QED) is 0.460. The molecule has 0 spiro atoms. The largest absolute Gasteiger partial charge is 0.396 e. The Labute approximate surface area is 112 Å². The fraction of sp³-hybridized carbons (Fsp3) is 0.929. The third-order valence-electron chi connectivity index (χ3n) is 2.78. The summed E-state index contributed by atoms with van der Waals surface area (Å²) in [5, 5.41) is 15.6. The number of hydrogen-bond acceptors (Lipinski definition) is 2. The summed E-state index contributed by atoms with van der Waals surface area (Å²) in [5.74, 6) is 1.81. The highest BCUT2D eigenvalue weighted by atomic mass is 16.3. The SMILES string of the molecule is CCNC(=NCC(C)CO)NC(C)CCC(C)C. The van der Waals surface area contributed by atoms with Crippen LogP contribution in [0.2, 0.25) is 0 Å². The molecule has 4 heteroatoms. The minimum Gasteiger partial charge on any atom is -0.396 e. The molecule has 0 aliphatic heterocycles. The van der Waals surface area contributed by atoms with Crippen LogP contribution in [0.15, 0.2) is 4.99 Å². The molecule has 0 radical (unpaired) electrons. The molecule has 0 aromatic carbocycles. The van der Waals surface area contributed by atoms with Gasteiger partial charge < -0.3 is 15.7 Å². The number of aliphatic hydroxyl groups is 1. The molecule has 0 aliphatic carbocycles. The predicted molar refractivity (Wildman–Crippen MR) is 78.9 cm³/mol. The van der Waals surface area contributed by atoms with Crippen molar-refractivity contribution in [3.05, 3.63) is 0 Å². The van der Waals surface area contributed by atoms with Gasteiger partial charge in [-0.05, 0) is 38.5 Å². The molecular formula is C14H31N3O. The predicted octanol–water partition coefficient (Wildman–Crippen LogP) is 1.99. The standard InChI is InChI=1S/C14H31N3O/c1-6-15-14(16-9-12(4)10-18)17-13(5)8-7-11(2)3/h11-13,18H,6-10H2,1-5H3,(H2,15,16,17). The highest BCUT2D eigenvalue weighted by Gasteiger charge is 2.07. The molecule has 108 valence electrons. The van der Waals surface area contributed by atoms with Gasteiger partial charge in [0.05, 0.1) is 0 Å². The first-order chi connectivity index (χ1) is 8.49. The molecule has 0 bridgehead atoms. The van der Waals surface area contributed by atoms with E-state index in [0.29, 0.717) is 12.6 Å². The van der Waals surface area contributed by atoms with Crippen molar-refractivity contribution in [2.45, 2.75) is 53.5 Å². The third kappa shape index (κ3) is 9.28. The molecule has 2 atom stereocenters. The van der Waals surface area contributed by atoms with Crippen LogP contribution in [-0.2, 0) is 0 Å². The maximum Gasteiger partial charge on any atom is 0.191 e. The van der Waals surface area contributed by atoms with Crippen molar-refractivity contribution < 1.29 is 5.11 Å². The lowest BCUT2D eigenvalue weighted by Gasteiger charge is -2.19. The van der Waals surface area contributed by atoms with Gasteiger partial charge in [0.1, 0.15) is 0 Å². The normalized spacial score (nSPS) is 15.6. The van der Waals surface area contributed by atoms with Gasteiger partial charge in [0.25, 0.3) is 0 Å². The van der Waals surface area contributed by atoms with Crippen molar-refractivity contribution in [3.63, 3.8) is 0 Å². The maximum absolute atomic E-state index is 8.99. The molecule has 0 aliphatic rings. The molecule has 0 fully saturated rings. The maximum atomic E-state index is 8.99. The van der Waals surface area contributed by atoms with Crippen LogP contribution >= 0.6 is 0 Å². The topological polar surface area (TPSA) is 56.7 Å². The number of rotatable bonds is 8. The number of nitrogens with zero attached hydrogens (tertiary/aromatic N) is 1. The van der Waals surface area contributed by atoms with E-state index in [0.717, 1.165) is 24.8 Å². The Hall–Kier alpha value is -0.770. The number of aliphatic hydroxyl groups excluding tert-OH is 1. The van der Waals surface area contributed by atoms with Gasteiger partial charge in [-0.25, -0.2) is 0 Å². The summed E-state index contributed by atoms with van der Waals surface area (Å²) in [5.41, 5.74) is 0. The lowest BCUT2D eigenvalue weighted by atomic mass is 10.0. The third-order valence-corrected chi connectivity index (χ3v) is 2.78. The average Bonchev–Trinajstić information content (AvgIpc) is 2.33. The van der Waals surface area contributed by atoms with Gasteiger partial charge in [-0.1, -0.05) is 20.8 Å². The second-order valence-electron chi connectivity index (χ2n) is 5.52. The molecule has 2 unspecified atom stereocenters. The van der Waals surface area contributed by atoms with Crippen LogP contribution in [0.4, 0.5) is 0 Å². The summed E-state index contributed by atoms with van der Waals surface area (Å²) < 4.78 is 0. The van der Waals surface area contributed by atoms with Crippen LogP contribution < -0.4 is 10.6 Å². The van der Waals surface area contributed by atoms with Gasteiger partial charge in [0.2, 0.25) is 0 Å². The van der Waals surface area contributed by atoms with E-state index in [-0.39, 0.29) is 12.5 Å². The van der Waals surface area contributed by atoms with Crippen LogP contribution in [0.3, 0.4) is 0 Å².